The lowest BCUT2D eigenvalue weighted by Crippen LogP contribution is -2.45. The third kappa shape index (κ3) is 4.57. The van der Waals surface area contributed by atoms with Gasteiger partial charge in [-0.05, 0) is 79.2 Å². The number of hydrogen-bond acceptors (Lipinski definition) is 2. The molecule has 30 heavy (non-hydrogen) atoms. The van der Waals surface area contributed by atoms with E-state index in [1.54, 1.807) is 0 Å². The van der Waals surface area contributed by atoms with Crippen molar-refractivity contribution in [1.29, 1.82) is 0 Å². The Morgan fingerprint density at radius 2 is 1.80 bits per heavy atom. The normalized spacial score (nSPS) is 14.2. The van der Waals surface area contributed by atoms with E-state index >= 15 is 0 Å². The Hall–Kier alpha value is -2.66. The van der Waals surface area contributed by atoms with E-state index in [4.69, 9.17) is 12.2 Å². The maximum atomic E-state index is 12.8. The largest absolute Gasteiger partial charge is 0.358 e. The summed E-state index contributed by atoms with van der Waals surface area (Å²) in [7, 11) is 0. The predicted octanol–water partition coefficient (Wildman–Crippen LogP) is 4.96. The van der Waals surface area contributed by atoms with E-state index in [-0.39, 0.29) is 5.56 Å². The lowest BCUT2D eigenvalue weighted by molar-refractivity contribution is 0.302. The second-order valence-corrected chi connectivity index (χ2v) is 8.74. The number of aryl methyl sites for hydroxylation is 2. The summed E-state index contributed by atoms with van der Waals surface area (Å²) in [5.41, 5.74) is 5.24. The van der Waals surface area contributed by atoms with E-state index < -0.39 is 0 Å². The SMILES string of the molecule is Cc1cc2cc(CN(C(=S)NCc3ccccc3)C3CCCC3)c(=O)[nH]c2cc1C. The fraction of sp³-hybridized carbons (Fsp3) is 0.360. The number of benzene rings is 2. The first-order chi connectivity index (χ1) is 14.5. The quantitative estimate of drug-likeness (QED) is 0.574. The van der Waals surface area contributed by atoms with Gasteiger partial charge in [0.15, 0.2) is 5.11 Å². The summed E-state index contributed by atoms with van der Waals surface area (Å²) in [6.07, 6.45) is 4.68. The average molecular weight is 420 g/mol. The van der Waals surface area contributed by atoms with Crippen LogP contribution in [0.1, 0.15) is 47.9 Å². The van der Waals surface area contributed by atoms with Gasteiger partial charge in [-0.1, -0.05) is 43.2 Å². The van der Waals surface area contributed by atoms with Crippen LogP contribution in [0, 0.1) is 13.8 Å². The van der Waals surface area contributed by atoms with Crippen molar-refractivity contribution in [2.75, 3.05) is 0 Å². The number of aromatic amines is 1. The number of nitrogens with one attached hydrogen (secondary N) is 2. The highest BCUT2D eigenvalue weighted by molar-refractivity contribution is 7.80. The third-order valence-corrected chi connectivity index (χ3v) is 6.57. The van der Waals surface area contributed by atoms with Crippen molar-refractivity contribution >= 4 is 28.2 Å². The van der Waals surface area contributed by atoms with Crippen LogP contribution in [-0.2, 0) is 13.1 Å². The Bertz CT molecular complexity index is 1100. The zero-order valence-corrected chi connectivity index (χ0v) is 18.5. The Morgan fingerprint density at radius 3 is 2.53 bits per heavy atom. The molecule has 1 saturated carbocycles. The molecule has 0 bridgehead atoms. The standard InChI is InChI=1S/C25H29N3OS/c1-17-12-20-14-21(24(29)27-23(20)13-18(17)2)16-28(22-10-6-7-11-22)25(30)26-15-19-8-4-3-5-9-19/h3-5,8-9,12-14,22H,6-7,10-11,15-16H2,1-2H3,(H,26,30)(H,27,29). The first kappa shape index (κ1) is 20.6. The Morgan fingerprint density at radius 1 is 1.10 bits per heavy atom. The van der Waals surface area contributed by atoms with Crippen molar-refractivity contribution in [3.05, 3.63) is 81.1 Å². The van der Waals surface area contributed by atoms with Crippen LogP contribution < -0.4 is 10.9 Å². The number of H-pyrrole nitrogens is 1. The lowest BCUT2D eigenvalue weighted by Gasteiger charge is -2.31. The predicted molar refractivity (Wildman–Crippen MR) is 128 cm³/mol. The molecule has 156 valence electrons. The van der Waals surface area contributed by atoms with E-state index in [1.807, 2.05) is 24.3 Å². The van der Waals surface area contributed by atoms with Gasteiger partial charge in [-0.25, -0.2) is 0 Å². The summed E-state index contributed by atoms with van der Waals surface area (Å²) in [6.45, 7) is 5.39. The van der Waals surface area contributed by atoms with Crippen molar-refractivity contribution in [3.8, 4) is 0 Å². The van der Waals surface area contributed by atoms with Gasteiger partial charge in [-0.2, -0.15) is 0 Å². The van der Waals surface area contributed by atoms with E-state index in [9.17, 15) is 4.79 Å². The maximum Gasteiger partial charge on any atom is 0.253 e. The van der Waals surface area contributed by atoms with Crippen LogP contribution in [0.3, 0.4) is 0 Å². The minimum absolute atomic E-state index is 0.0281. The van der Waals surface area contributed by atoms with Crippen LogP contribution in [0.2, 0.25) is 0 Å². The van der Waals surface area contributed by atoms with E-state index in [1.165, 1.54) is 29.5 Å². The van der Waals surface area contributed by atoms with Gasteiger partial charge in [-0.3, -0.25) is 4.79 Å². The Balaban J connectivity index is 1.58. The first-order valence-electron chi connectivity index (χ1n) is 10.7. The van der Waals surface area contributed by atoms with Gasteiger partial charge >= 0.3 is 0 Å². The lowest BCUT2D eigenvalue weighted by atomic mass is 10.0. The monoisotopic (exact) mass is 419 g/mol. The molecule has 1 heterocycles. The zero-order chi connectivity index (χ0) is 21.1. The molecule has 0 saturated heterocycles. The molecule has 4 nitrogen and oxygen atoms in total. The molecule has 5 heteroatoms. The van der Waals surface area contributed by atoms with Crippen LogP contribution in [0.4, 0.5) is 0 Å². The van der Waals surface area contributed by atoms with Gasteiger partial charge in [0.05, 0.1) is 6.54 Å². The Kier molecular flexibility index (Phi) is 6.18. The molecule has 0 spiro atoms. The highest BCUT2D eigenvalue weighted by Crippen LogP contribution is 2.25. The number of pyridine rings is 1. The van der Waals surface area contributed by atoms with Gasteiger partial charge in [0, 0.05) is 23.7 Å². The van der Waals surface area contributed by atoms with Gasteiger partial charge in [0.2, 0.25) is 0 Å². The molecule has 0 atom stereocenters. The molecule has 2 N–H and O–H groups in total. The second-order valence-electron chi connectivity index (χ2n) is 8.36. The van der Waals surface area contributed by atoms with E-state index in [2.05, 4.69) is 53.3 Å². The number of fused-ring (bicyclic) bond motifs is 1. The average Bonchev–Trinajstić information content (AvgIpc) is 3.27. The van der Waals surface area contributed by atoms with Crippen LogP contribution in [0.5, 0.6) is 0 Å². The first-order valence-corrected chi connectivity index (χ1v) is 11.1. The van der Waals surface area contributed by atoms with Crippen LogP contribution in [0.25, 0.3) is 10.9 Å². The molecular formula is C25H29N3OS. The van der Waals surface area contributed by atoms with Gasteiger partial charge < -0.3 is 15.2 Å². The summed E-state index contributed by atoms with van der Waals surface area (Å²) < 4.78 is 0. The summed E-state index contributed by atoms with van der Waals surface area (Å²) in [5, 5.41) is 5.21. The maximum absolute atomic E-state index is 12.8. The molecule has 3 aromatic rings. The van der Waals surface area contributed by atoms with E-state index in [0.29, 0.717) is 19.1 Å². The number of thiocarbonyl (C=S) groups is 1. The molecule has 0 amide bonds. The van der Waals surface area contributed by atoms with Gasteiger partial charge in [0.1, 0.15) is 0 Å². The molecular weight excluding hydrogens is 390 g/mol. The Labute approximate surface area is 183 Å². The number of nitrogens with zero attached hydrogens (tertiary/aromatic N) is 1. The zero-order valence-electron chi connectivity index (χ0n) is 17.7. The van der Waals surface area contributed by atoms with E-state index in [0.717, 1.165) is 34.4 Å². The minimum Gasteiger partial charge on any atom is -0.358 e. The molecule has 1 aliphatic carbocycles. The summed E-state index contributed by atoms with van der Waals surface area (Å²) >= 11 is 5.79. The number of aromatic nitrogens is 1. The highest BCUT2D eigenvalue weighted by Gasteiger charge is 2.25. The molecule has 1 aromatic heterocycles. The highest BCUT2D eigenvalue weighted by atomic mass is 32.1. The fourth-order valence-electron chi connectivity index (χ4n) is 4.28. The molecule has 1 fully saturated rings. The van der Waals surface area contributed by atoms with Crippen molar-refractivity contribution < 1.29 is 0 Å². The van der Waals surface area contributed by atoms with Gasteiger partial charge in [0.25, 0.3) is 5.56 Å². The molecule has 0 aliphatic heterocycles. The summed E-state index contributed by atoms with van der Waals surface area (Å²) in [6, 6.07) is 16.9. The fourth-order valence-corrected chi connectivity index (χ4v) is 4.57. The van der Waals surface area contributed by atoms with Gasteiger partial charge in [-0.15, -0.1) is 0 Å². The van der Waals surface area contributed by atoms with Crippen molar-refractivity contribution in [2.24, 2.45) is 0 Å². The van der Waals surface area contributed by atoms with Crippen LogP contribution in [-0.4, -0.2) is 21.0 Å². The topological polar surface area (TPSA) is 48.1 Å². The third-order valence-electron chi connectivity index (χ3n) is 6.19. The minimum atomic E-state index is -0.0281. The number of hydrogen-bond donors (Lipinski definition) is 2. The molecule has 2 aromatic carbocycles. The van der Waals surface area contributed by atoms with Crippen molar-refractivity contribution in [1.82, 2.24) is 15.2 Å². The smallest absolute Gasteiger partial charge is 0.253 e. The van der Waals surface area contributed by atoms with Crippen LogP contribution in [0.15, 0.2) is 53.3 Å². The summed E-state index contributed by atoms with van der Waals surface area (Å²) in [4.78, 5) is 18.1. The van der Waals surface area contributed by atoms with Crippen molar-refractivity contribution in [2.45, 2.75) is 58.7 Å². The molecule has 1 aliphatic rings. The molecule has 0 unspecified atom stereocenters. The summed E-state index contributed by atoms with van der Waals surface area (Å²) in [5.74, 6) is 0. The van der Waals surface area contributed by atoms with Crippen molar-refractivity contribution in [3.63, 3.8) is 0 Å². The molecule has 4 rings (SSSR count). The number of rotatable bonds is 5. The molecule has 0 radical (unpaired) electrons. The second kappa shape index (κ2) is 9.00. The van der Waals surface area contributed by atoms with Crippen LogP contribution >= 0.6 is 12.2 Å².